The first-order valence-electron chi connectivity index (χ1n) is 9.05. The number of hydrogen-bond donors (Lipinski definition) is 4. The SMILES string of the molecule is CCCCc1ccc(Oc2ccc(C(O)CC(N)(CO)CO)cc2)cc1. The lowest BCUT2D eigenvalue weighted by Crippen LogP contribution is -2.48. The Kier molecular flexibility index (Phi) is 7.60. The van der Waals surface area contributed by atoms with E-state index in [9.17, 15) is 15.3 Å². The highest BCUT2D eigenvalue weighted by Crippen LogP contribution is 2.27. The van der Waals surface area contributed by atoms with Crippen LogP contribution in [0.25, 0.3) is 0 Å². The number of unbranched alkanes of at least 4 members (excludes halogenated alkanes) is 1. The molecule has 0 bridgehead atoms. The van der Waals surface area contributed by atoms with Gasteiger partial charge in [0.2, 0.25) is 0 Å². The molecule has 0 amide bonds. The first kappa shape index (κ1) is 20.4. The number of ether oxygens (including phenoxy) is 1. The van der Waals surface area contributed by atoms with E-state index >= 15 is 0 Å². The number of benzene rings is 2. The maximum Gasteiger partial charge on any atom is 0.127 e. The Morgan fingerprint density at radius 2 is 1.50 bits per heavy atom. The van der Waals surface area contributed by atoms with Crippen LogP contribution in [-0.4, -0.2) is 34.1 Å². The van der Waals surface area contributed by atoms with Crippen LogP contribution in [0.1, 0.15) is 43.4 Å². The third kappa shape index (κ3) is 5.81. The normalized spacial score (nSPS) is 12.8. The van der Waals surface area contributed by atoms with Crippen LogP contribution in [0.4, 0.5) is 0 Å². The Morgan fingerprint density at radius 1 is 0.962 bits per heavy atom. The lowest BCUT2D eigenvalue weighted by atomic mass is 9.92. The van der Waals surface area contributed by atoms with Crippen molar-refractivity contribution in [1.29, 1.82) is 0 Å². The molecule has 0 saturated heterocycles. The van der Waals surface area contributed by atoms with E-state index in [1.54, 1.807) is 24.3 Å². The highest BCUT2D eigenvalue weighted by Gasteiger charge is 2.27. The van der Waals surface area contributed by atoms with Gasteiger partial charge in [0.25, 0.3) is 0 Å². The highest BCUT2D eigenvalue weighted by atomic mass is 16.5. The third-order valence-electron chi connectivity index (χ3n) is 4.47. The maximum atomic E-state index is 10.3. The van der Waals surface area contributed by atoms with Crippen LogP contribution in [0.2, 0.25) is 0 Å². The molecule has 0 aliphatic rings. The lowest BCUT2D eigenvalue weighted by Gasteiger charge is -2.27. The molecule has 0 heterocycles. The highest BCUT2D eigenvalue weighted by molar-refractivity contribution is 5.35. The molecular weight excluding hydrogens is 330 g/mol. The number of aryl methyl sites for hydroxylation is 1. The molecule has 0 radical (unpaired) electrons. The number of rotatable bonds is 10. The number of nitrogens with two attached hydrogens (primary N) is 1. The van der Waals surface area contributed by atoms with Gasteiger partial charge in [0, 0.05) is 0 Å². The Morgan fingerprint density at radius 3 is 2.00 bits per heavy atom. The zero-order valence-corrected chi connectivity index (χ0v) is 15.3. The van der Waals surface area contributed by atoms with Crippen LogP contribution in [0, 0.1) is 0 Å². The van der Waals surface area contributed by atoms with Crippen LogP contribution in [-0.2, 0) is 6.42 Å². The minimum Gasteiger partial charge on any atom is -0.457 e. The van der Waals surface area contributed by atoms with Gasteiger partial charge in [-0.2, -0.15) is 0 Å². The second-order valence-electron chi connectivity index (χ2n) is 6.82. The maximum absolute atomic E-state index is 10.3. The Labute approximate surface area is 155 Å². The summed E-state index contributed by atoms with van der Waals surface area (Å²) in [6.07, 6.45) is 2.64. The van der Waals surface area contributed by atoms with Crippen LogP contribution >= 0.6 is 0 Å². The molecule has 0 saturated carbocycles. The molecule has 2 aromatic rings. The fourth-order valence-electron chi connectivity index (χ4n) is 2.68. The summed E-state index contributed by atoms with van der Waals surface area (Å²) in [7, 11) is 0. The molecule has 2 aromatic carbocycles. The quantitative estimate of drug-likeness (QED) is 0.523. The van der Waals surface area contributed by atoms with Crippen molar-refractivity contribution in [3.8, 4) is 11.5 Å². The van der Waals surface area contributed by atoms with Gasteiger partial charge >= 0.3 is 0 Å². The van der Waals surface area contributed by atoms with Crippen molar-refractivity contribution in [2.45, 2.75) is 44.2 Å². The van der Waals surface area contributed by atoms with Crippen molar-refractivity contribution in [2.24, 2.45) is 5.73 Å². The van der Waals surface area contributed by atoms with Gasteiger partial charge in [0.05, 0.1) is 24.9 Å². The Bertz CT molecular complexity index is 651. The zero-order valence-electron chi connectivity index (χ0n) is 15.3. The van der Waals surface area contributed by atoms with E-state index in [0.717, 1.165) is 12.2 Å². The zero-order chi connectivity index (χ0) is 19.0. The molecule has 1 atom stereocenters. The van der Waals surface area contributed by atoms with E-state index in [2.05, 4.69) is 19.1 Å². The Balaban J connectivity index is 1.96. The van der Waals surface area contributed by atoms with E-state index in [-0.39, 0.29) is 6.42 Å². The van der Waals surface area contributed by atoms with Crippen LogP contribution in [0.5, 0.6) is 11.5 Å². The van der Waals surface area contributed by atoms with Crippen molar-refractivity contribution in [1.82, 2.24) is 0 Å². The van der Waals surface area contributed by atoms with Crippen molar-refractivity contribution in [3.63, 3.8) is 0 Å². The fourth-order valence-corrected chi connectivity index (χ4v) is 2.68. The summed E-state index contributed by atoms with van der Waals surface area (Å²) in [6, 6.07) is 15.1. The van der Waals surface area contributed by atoms with E-state index in [1.807, 2.05) is 12.1 Å². The minimum atomic E-state index is -1.20. The van der Waals surface area contributed by atoms with Gasteiger partial charge in [-0.05, 0) is 54.7 Å². The number of aliphatic hydroxyl groups is 3. The molecule has 5 heteroatoms. The van der Waals surface area contributed by atoms with Gasteiger partial charge in [-0.3, -0.25) is 0 Å². The Hall–Kier alpha value is -1.92. The van der Waals surface area contributed by atoms with Gasteiger partial charge in [-0.25, -0.2) is 0 Å². The molecule has 0 aliphatic heterocycles. The van der Waals surface area contributed by atoms with Crippen LogP contribution in [0.3, 0.4) is 0 Å². The topological polar surface area (TPSA) is 95.9 Å². The summed E-state index contributed by atoms with van der Waals surface area (Å²) < 4.78 is 5.83. The molecular formula is C21H29NO4. The summed E-state index contributed by atoms with van der Waals surface area (Å²) in [5.74, 6) is 1.44. The van der Waals surface area contributed by atoms with Gasteiger partial charge < -0.3 is 25.8 Å². The molecule has 0 aromatic heterocycles. The van der Waals surface area contributed by atoms with Crippen molar-refractivity contribution in [3.05, 3.63) is 59.7 Å². The smallest absolute Gasteiger partial charge is 0.127 e. The minimum absolute atomic E-state index is 0.0689. The summed E-state index contributed by atoms with van der Waals surface area (Å²) in [5, 5.41) is 28.7. The molecule has 1 unspecified atom stereocenters. The van der Waals surface area contributed by atoms with Crippen molar-refractivity contribution in [2.75, 3.05) is 13.2 Å². The van der Waals surface area contributed by atoms with Gasteiger partial charge in [-0.15, -0.1) is 0 Å². The van der Waals surface area contributed by atoms with E-state index in [0.29, 0.717) is 11.3 Å². The van der Waals surface area contributed by atoms with Crippen molar-refractivity contribution < 1.29 is 20.1 Å². The first-order chi connectivity index (χ1) is 12.5. The summed E-state index contributed by atoms with van der Waals surface area (Å²) in [5.41, 5.74) is 6.58. The molecule has 0 fully saturated rings. The van der Waals surface area contributed by atoms with Gasteiger partial charge in [0.15, 0.2) is 0 Å². The molecule has 5 nitrogen and oxygen atoms in total. The predicted octanol–water partition coefficient (Wildman–Crippen LogP) is 2.93. The first-order valence-corrected chi connectivity index (χ1v) is 9.05. The molecule has 0 spiro atoms. The number of aliphatic hydroxyl groups excluding tert-OH is 3. The summed E-state index contributed by atoms with van der Waals surface area (Å²) >= 11 is 0. The summed E-state index contributed by atoms with van der Waals surface area (Å²) in [4.78, 5) is 0. The molecule has 26 heavy (non-hydrogen) atoms. The molecule has 5 N–H and O–H groups in total. The molecule has 142 valence electrons. The standard InChI is InChI=1S/C21H29NO4/c1-2-3-4-16-5-9-18(10-6-16)26-19-11-7-17(8-12-19)20(25)13-21(22,14-23)15-24/h5-12,20,23-25H,2-4,13-15,22H2,1H3. The van der Waals surface area contributed by atoms with E-state index < -0.39 is 24.9 Å². The van der Waals surface area contributed by atoms with Crippen LogP contribution < -0.4 is 10.5 Å². The predicted molar refractivity (Wildman–Crippen MR) is 102 cm³/mol. The van der Waals surface area contributed by atoms with Gasteiger partial charge in [-0.1, -0.05) is 37.6 Å². The average Bonchev–Trinajstić information content (AvgIpc) is 2.68. The van der Waals surface area contributed by atoms with Crippen molar-refractivity contribution >= 4 is 0 Å². The van der Waals surface area contributed by atoms with E-state index in [4.69, 9.17) is 10.5 Å². The monoisotopic (exact) mass is 359 g/mol. The molecule has 2 rings (SSSR count). The molecule has 0 aliphatic carbocycles. The second kappa shape index (κ2) is 9.69. The third-order valence-corrected chi connectivity index (χ3v) is 4.47. The van der Waals surface area contributed by atoms with E-state index in [1.165, 1.54) is 18.4 Å². The van der Waals surface area contributed by atoms with Gasteiger partial charge in [0.1, 0.15) is 11.5 Å². The number of hydrogen-bond acceptors (Lipinski definition) is 5. The fraction of sp³-hybridized carbons (Fsp3) is 0.429. The van der Waals surface area contributed by atoms with Crippen LogP contribution in [0.15, 0.2) is 48.5 Å². The average molecular weight is 359 g/mol. The summed E-state index contributed by atoms with van der Waals surface area (Å²) in [6.45, 7) is 1.39. The largest absolute Gasteiger partial charge is 0.457 e. The second-order valence-corrected chi connectivity index (χ2v) is 6.82. The lowest BCUT2D eigenvalue weighted by molar-refractivity contribution is 0.0618.